The maximum atomic E-state index is 5.31. The molecule has 112 valence electrons. The summed E-state index contributed by atoms with van der Waals surface area (Å²) in [6, 6.07) is 2.61. The maximum Gasteiger partial charge on any atom is 0.224 e. The summed E-state index contributed by atoms with van der Waals surface area (Å²) in [6.07, 6.45) is 5.04. The molecule has 2 aromatic heterocycles. The van der Waals surface area contributed by atoms with Crippen LogP contribution in [0.25, 0.3) is 0 Å². The van der Waals surface area contributed by atoms with Gasteiger partial charge in [-0.2, -0.15) is 0 Å². The van der Waals surface area contributed by atoms with Gasteiger partial charge >= 0.3 is 0 Å². The summed E-state index contributed by atoms with van der Waals surface area (Å²) in [4.78, 5) is 9.81. The second kappa shape index (κ2) is 6.41. The lowest BCUT2D eigenvalue weighted by Crippen LogP contribution is -2.24. The van der Waals surface area contributed by atoms with E-state index in [9.17, 15) is 0 Å². The van der Waals surface area contributed by atoms with Crippen molar-refractivity contribution in [2.45, 2.75) is 31.8 Å². The molecule has 21 heavy (non-hydrogen) atoms. The zero-order valence-corrected chi connectivity index (χ0v) is 13.1. The van der Waals surface area contributed by atoms with E-state index in [1.807, 2.05) is 11.3 Å². The highest BCUT2D eigenvalue weighted by molar-refractivity contribution is 7.10. The first-order chi connectivity index (χ1) is 10.3. The highest BCUT2D eigenvalue weighted by Gasteiger charge is 2.22. The van der Waals surface area contributed by atoms with Crippen LogP contribution in [0.2, 0.25) is 0 Å². The van der Waals surface area contributed by atoms with Crippen molar-refractivity contribution in [1.82, 2.24) is 15.3 Å². The number of nitrogens with one attached hydrogen (secondary N) is 1. The largest absolute Gasteiger partial charge is 0.481 e. The molecule has 0 spiro atoms. The Bertz CT molecular complexity index is 592. The number of hydrogen-bond acceptors (Lipinski definition) is 6. The maximum absolute atomic E-state index is 5.31. The molecule has 0 fully saturated rings. The normalized spacial score (nSPS) is 17.3. The van der Waals surface area contributed by atoms with E-state index in [2.05, 4.69) is 26.7 Å². The van der Waals surface area contributed by atoms with E-state index in [4.69, 9.17) is 9.47 Å². The number of rotatable bonds is 5. The van der Waals surface area contributed by atoms with Crippen LogP contribution >= 0.6 is 11.3 Å². The molecule has 2 aromatic rings. The molecule has 2 heterocycles. The highest BCUT2D eigenvalue weighted by atomic mass is 32.1. The van der Waals surface area contributed by atoms with Crippen LogP contribution < -0.4 is 14.8 Å². The lowest BCUT2D eigenvalue weighted by Gasteiger charge is -2.24. The minimum Gasteiger partial charge on any atom is -0.481 e. The minimum absolute atomic E-state index is 0.384. The van der Waals surface area contributed by atoms with Gasteiger partial charge in [-0.3, -0.25) is 0 Å². The Labute approximate surface area is 128 Å². The monoisotopic (exact) mass is 305 g/mol. The smallest absolute Gasteiger partial charge is 0.224 e. The minimum atomic E-state index is 0.384. The Morgan fingerprint density at radius 3 is 2.76 bits per heavy atom. The van der Waals surface area contributed by atoms with Crippen LogP contribution in [0.4, 0.5) is 0 Å². The van der Waals surface area contributed by atoms with E-state index in [0.29, 0.717) is 24.3 Å². The average molecular weight is 305 g/mol. The van der Waals surface area contributed by atoms with Gasteiger partial charge in [0.25, 0.3) is 0 Å². The van der Waals surface area contributed by atoms with Crippen LogP contribution in [0.15, 0.2) is 17.8 Å². The molecule has 3 rings (SSSR count). The first kappa shape index (κ1) is 14.3. The van der Waals surface area contributed by atoms with Gasteiger partial charge in [0, 0.05) is 17.5 Å². The number of aromatic nitrogens is 2. The molecule has 0 saturated carbocycles. The molecular weight excluding hydrogens is 286 g/mol. The predicted molar refractivity (Wildman–Crippen MR) is 82.0 cm³/mol. The fourth-order valence-corrected chi connectivity index (χ4v) is 3.80. The molecule has 1 atom stereocenters. The van der Waals surface area contributed by atoms with Gasteiger partial charge in [0.1, 0.15) is 6.33 Å². The van der Waals surface area contributed by atoms with Gasteiger partial charge in [-0.05, 0) is 36.3 Å². The summed E-state index contributed by atoms with van der Waals surface area (Å²) in [6.45, 7) is 0.632. The molecule has 1 aliphatic rings. The van der Waals surface area contributed by atoms with Crippen LogP contribution in [0, 0.1) is 0 Å². The number of aryl methyl sites for hydroxylation is 1. The second-order valence-corrected chi connectivity index (χ2v) is 6.00. The first-order valence-electron chi connectivity index (χ1n) is 7.05. The third kappa shape index (κ3) is 2.87. The molecule has 0 aromatic carbocycles. The van der Waals surface area contributed by atoms with Crippen molar-refractivity contribution >= 4 is 11.3 Å². The summed E-state index contributed by atoms with van der Waals surface area (Å²) in [5.41, 5.74) is 2.30. The summed E-state index contributed by atoms with van der Waals surface area (Å²) in [7, 11) is 3.23. The lowest BCUT2D eigenvalue weighted by atomic mass is 9.94. The molecule has 1 N–H and O–H groups in total. The van der Waals surface area contributed by atoms with Gasteiger partial charge in [0.2, 0.25) is 11.8 Å². The van der Waals surface area contributed by atoms with E-state index >= 15 is 0 Å². The Hall–Kier alpha value is -1.66. The number of hydrogen-bond donors (Lipinski definition) is 1. The summed E-state index contributed by atoms with van der Waals surface area (Å²) < 4.78 is 10.6. The molecule has 1 unspecified atom stereocenters. The van der Waals surface area contributed by atoms with Crippen LogP contribution in [-0.2, 0) is 13.0 Å². The van der Waals surface area contributed by atoms with E-state index in [0.717, 1.165) is 12.0 Å². The van der Waals surface area contributed by atoms with Crippen LogP contribution in [-0.4, -0.2) is 24.2 Å². The van der Waals surface area contributed by atoms with Gasteiger partial charge < -0.3 is 14.8 Å². The zero-order valence-electron chi connectivity index (χ0n) is 12.3. The van der Waals surface area contributed by atoms with Crippen molar-refractivity contribution in [2.75, 3.05) is 14.2 Å². The van der Waals surface area contributed by atoms with Crippen LogP contribution in [0.5, 0.6) is 11.8 Å². The number of methoxy groups -OCH3 is 2. The summed E-state index contributed by atoms with van der Waals surface area (Å²) >= 11 is 1.85. The van der Waals surface area contributed by atoms with Crippen molar-refractivity contribution in [2.24, 2.45) is 0 Å². The third-order valence-corrected chi connectivity index (χ3v) is 4.83. The van der Waals surface area contributed by atoms with Gasteiger partial charge in [-0.25, -0.2) is 9.97 Å². The van der Waals surface area contributed by atoms with Crippen LogP contribution in [0.1, 0.15) is 34.9 Å². The predicted octanol–water partition coefficient (Wildman–Crippen LogP) is 2.72. The van der Waals surface area contributed by atoms with Gasteiger partial charge in [-0.1, -0.05) is 0 Å². The van der Waals surface area contributed by atoms with Crippen molar-refractivity contribution < 1.29 is 9.47 Å². The molecule has 0 bridgehead atoms. The number of ether oxygens (including phenoxy) is 2. The van der Waals surface area contributed by atoms with Gasteiger partial charge in [-0.15, -0.1) is 11.3 Å². The molecule has 5 nitrogen and oxygen atoms in total. The Morgan fingerprint density at radius 1 is 1.29 bits per heavy atom. The number of nitrogens with zero attached hydrogens (tertiary/aromatic N) is 2. The Morgan fingerprint density at radius 2 is 2.05 bits per heavy atom. The molecule has 0 aliphatic heterocycles. The second-order valence-electron chi connectivity index (χ2n) is 5.00. The highest BCUT2D eigenvalue weighted by Crippen LogP contribution is 2.34. The quantitative estimate of drug-likeness (QED) is 0.920. The summed E-state index contributed by atoms with van der Waals surface area (Å²) in [5.74, 6) is 1.13. The van der Waals surface area contributed by atoms with Crippen molar-refractivity contribution in [3.63, 3.8) is 0 Å². The zero-order chi connectivity index (χ0) is 14.7. The lowest BCUT2D eigenvalue weighted by molar-refractivity contribution is 0.354. The van der Waals surface area contributed by atoms with Crippen molar-refractivity contribution in [1.29, 1.82) is 0 Å². The Balaban J connectivity index is 1.77. The molecule has 0 amide bonds. The third-order valence-electron chi connectivity index (χ3n) is 3.83. The van der Waals surface area contributed by atoms with Crippen LogP contribution in [0.3, 0.4) is 0 Å². The van der Waals surface area contributed by atoms with Gasteiger partial charge in [0.15, 0.2) is 0 Å². The number of fused-ring (bicyclic) bond motifs is 1. The number of thiophene rings is 1. The standard InChI is InChI=1S/C15H19N3O2S/c1-19-14-11(15(20-2)18-9-17-14)8-16-12-4-3-5-13-10(12)6-7-21-13/h6-7,9,12,16H,3-5,8H2,1-2H3. The van der Waals surface area contributed by atoms with E-state index < -0.39 is 0 Å². The molecule has 1 aliphatic carbocycles. The molecular formula is C15H19N3O2S. The molecule has 0 radical (unpaired) electrons. The first-order valence-corrected chi connectivity index (χ1v) is 7.93. The fourth-order valence-electron chi connectivity index (χ4n) is 2.81. The average Bonchev–Trinajstić information content (AvgIpc) is 3.01. The van der Waals surface area contributed by atoms with Crippen molar-refractivity contribution in [3.05, 3.63) is 33.8 Å². The van der Waals surface area contributed by atoms with E-state index in [1.165, 1.54) is 29.6 Å². The Kier molecular flexibility index (Phi) is 4.36. The molecule has 0 saturated heterocycles. The SMILES string of the molecule is COc1ncnc(OC)c1CNC1CCCc2sccc21. The van der Waals surface area contributed by atoms with Gasteiger partial charge in [0.05, 0.1) is 19.8 Å². The summed E-state index contributed by atoms with van der Waals surface area (Å²) in [5, 5.41) is 5.77. The topological polar surface area (TPSA) is 56.3 Å². The van der Waals surface area contributed by atoms with E-state index in [1.54, 1.807) is 14.2 Å². The van der Waals surface area contributed by atoms with E-state index in [-0.39, 0.29) is 0 Å². The fraction of sp³-hybridized carbons (Fsp3) is 0.467. The van der Waals surface area contributed by atoms with Crippen molar-refractivity contribution in [3.8, 4) is 11.8 Å². The molecule has 6 heteroatoms.